The summed E-state index contributed by atoms with van der Waals surface area (Å²) in [6, 6.07) is 0. The van der Waals surface area contributed by atoms with Crippen LogP contribution in [-0.4, -0.2) is 51.7 Å². The van der Waals surface area contributed by atoms with E-state index in [9.17, 15) is 9.59 Å². The zero-order valence-corrected chi connectivity index (χ0v) is 35.3. The van der Waals surface area contributed by atoms with Gasteiger partial charge in [0.05, 0.1) is 35.8 Å². The Labute approximate surface area is 293 Å². The number of carbonyl (C=O) groups is 2. The number of ketones is 1. The molecule has 0 unspecified atom stereocenters. The fourth-order valence-corrected chi connectivity index (χ4v) is 8.94. The summed E-state index contributed by atoms with van der Waals surface area (Å²) in [5.41, 5.74) is 0.784. The summed E-state index contributed by atoms with van der Waals surface area (Å²) in [7, 11) is -4.59. The number of carbonyl (C=O) groups excluding carboxylic acids is 2. The Balaban J connectivity index is 2.63. The normalized spacial score (nSPS) is 26.4. The maximum absolute atomic E-state index is 14.8. The van der Waals surface area contributed by atoms with Crippen molar-refractivity contribution in [3.8, 4) is 11.8 Å². The predicted molar refractivity (Wildman–Crippen MR) is 202 cm³/mol. The van der Waals surface area contributed by atoms with E-state index >= 15 is 0 Å². The molecule has 0 saturated heterocycles. The van der Waals surface area contributed by atoms with Crippen LogP contribution in [0.25, 0.3) is 6.08 Å². The van der Waals surface area contributed by atoms with Crippen molar-refractivity contribution in [3.05, 3.63) is 21.7 Å². The van der Waals surface area contributed by atoms with Crippen LogP contribution >= 0.6 is 11.3 Å². The number of nitrogens with zero attached hydrogens (tertiary/aromatic N) is 1. The Hall–Kier alpha value is -1.58. The number of rotatable bonds is 6. The van der Waals surface area contributed by atoms with Crippen LogP contribution in [0.1, 0.15) is 119 Å². The molecule has 0 bridgehead atoms. The zero-order chi connectivity index (χ0) is 36.2. The molecule has 1 aliphatic heterocycles. The molecule has 5 atom stereocenters. The fourth-order valence-electron chi connectivity index (χ4n) is 5.46. The monoisotopic (exact) mass is 703 g/mol. The van der Waals surface area contributed by atoms with Crippen LogP contribution in [0.15, 0.2) is 11.0 Å². The van der Waals surface area contributed by atoms with Gasteiger partial charge in [0.2, 0.25) is 0 Å². The fraction of sp³-hybridized carbons (Fsp3) is 0.763. The molecule has 6 nitrogen and oxygen atoms in total. The Morgan fingerprint density at radius 2 is 1.60 bits per heavy atom. The van der Waals surface area contributed by atoms with E-state index in [0.717, 1.165) is 35.5 Å². The molecular weight excluding hydrogens is 639 g/mol. The van der Waals surface area contributed by atoms with Gasteiger partial charge < -0.3 is 13.6 Å². The van der Waals surface area contributed by atoms with E-state index in [2.05, 4.69) is 91.5 Å². The van der Waals surface area contributed by atoms with E-state index in [1.54, 1.807) is 11.3 Å². The smallest absolute Gasteiger partial charge is 0.309 e. The van der Waals surface area contributed by atoms with Gasteiger partial charge in [-0.2, -0.15) is 0 Å². The Bertz CT molecular complexity index is 1320. The number of thiazole rings is 1. The Morgan fingerprint density at radius 1 is 1.02 bits per heavy atom. The Kier molecular flexibility index (Phi) is 14.1. The van der Waals surface area contributed by atoms with Gasteiger partial charge >= 0.3 is 5.97 Å². The molecule has 0 aliphatic carbocycles. The number of hydrogen-bond donors (Lipinski definition) is 0. The number of cyclic esters (lactones) is 1. The number of Topliss-reactive ketones (excluding diaryl/α,β-unsaturated/α-hetero) is 1. The van der Waals surface area contributed by atoms with Crippen LogP contribution in [0.3, 0.4) is 0 Å². The number of esters is 1. The van der Waals surface area contributed by atoms with Gasteiger partial charge in [-0.25, -0.2) is 4.98 Å². The molecule has 0 spiro atoms. The van der Waals surface area contributed by atoms with E-state index in [1.165, 1.54) is 0 Å². The molecule has 2 heterocycles. The second kappa shape index (κ2) is 16.0. The maximum Gasteiger partial charge on any atom is 0.309 e. The van der Waals surface area contributed by atoms with Crippen molar-refractivity contribution in [1.29, 1.82) is 0 Å². The van der Waals surface area contributed by atoms with Crippen molar-refractivity contribution in [2.45, 2.75) is 170 Å². The van der Waals surface area contributed by atoms with Crippen LogP contribution in [0.5, 0.6) is 0 Å². The molecule has 1 aromatic heterocycles. The second-order valence-corrected chi connectivity index (χ2v) is 27.9. The van der Waals surface area contributed by atoms with E-state index in [4.69, 9.17) is 13.6 Å². The third kappa shape index (κ3) is 11.2. The van der Waals surface area contributed by atoms with Gasteiger partial charge in [0.25, 0.3) is 0 Å². The lowest BCUT2D eigenvalue weighted by molar-refractivity contribution is -0.153. The number of aryl methyl sites for hydroxylation is 1. The number of hydrogen-bond acceptors (Lipinski definition) is 7. The van der Waals surface area contributed by atoms with Gasteiger partial charge in [0, 0.05) is 23.1 Å². The van der Waals surface area contributed by atoms with Crippen molar-refractivity contribution < 1.29 is 23.2 Å². The van der Waals surface area contributed by atoms with Crippen LogP contribution in [0, 0.1) is 36.0 Å². The number of aromatic nitrogens is 1. The lowest BCUT2D eigenvalue weighted by Gasteiger charge is -2.46. The third-order valence-corrected chi connectivity index (χ3v) is 20.7. The average molecular weight is 704 g/mol. The van der Waals surface area contributed by atoms with Crippen molar-refractivity contribution in [2.24, 2.45) is 17.3 Å². The van der Waals surface area contributed by atoms with Crippen LogP contribution in [-0.2, 0) is 23.2 Å². The lowest BCUT2D eigenvalue weighted by Crippen LogP contribution is -2.54. The minimum absolute atomic E-state index is 0.00487. The van der Waals surface area contributed by atoms with Crippen molar-refractivity contribution in [3.63, 3.8) is 0 Å². The van der Waals surface area contributed by atoms with E-state index in [0.29, 0.717) is 6.42 Å². The molecule has 2 rings (SSSR count). The quantitative estimate of drug-likeness (QED) is 0.167. The molecular formula is C38H65NO5SSi2. The Morgan fingerprint density at radius 3 is 2.13 bits per heavy atom. The van der Waals surface area contributed by atoms with Gasteiger partial charge in [-0.1, -0.05) is 75.2 Å². The van der Waals surface area contributed by atoms with E-state index in [1.807, 2.05) is 46.1 Å². The molecule has 0 saturated carbocycles. The first kappa shape index (κ1) is 41.6. The van der Waals surface area contributed by atoms with Crippen molar-refractivity contribution in [2.75, 3.05) is 0 Å². The van der Waals surface area contributed by atoms with Gasteiger partial charge in [0.1, 0.15) is 11.9 Å². The molecule has 266 valence electrons. The van der Waals surface area contributed by atoms with Gasteiger partial charge in [0.15, 0.2) is 16.6 Å². The number of ether oxygens (including phenoxy) is 1. The van der Waals surface area contributed by atoms with Crippen LogP contribution in [0.4, 0.5) is 0 Å². The van der Waals surface area contributed by atoms with Crippen LogP contribution in [0.2, 0.25) is 36.3 Å². The van der Waals surface area contributed by atoms with Crippen molar-refractivity contribution in [1.82, 2.24) is 4.98 Å². The molecule has 1 aromatic rings. The molecule has 9 heteroatoms. The summed E-state index contributed by atoms with van der Waals surface area (Å²) in [5.74, 6) is 6.11. The summed E-state index contributed by atoms with van der Waals surface area (Å²) in [6.45, 7) is 34.2. The highest BCUT2D eigenvalue weighted by Gasteiger charge is 2.50. The average Bonchev–Trinajstić information content (AvgIpc) is 3.33. The highest BCUT2D eigenvalue weighted by Crippen LogP contribution is 2.44. The standard InChI is InChI=1S/C38H65NO5SSi2/c1-26-21-19-17-18-20-22-31(27(2)23-30-25-45-29(4)39-30)42-33(40)24-32(43-46(13,14)36(5,6)7)38(11,12)35(41)28(3)34(26)44-47(15,16)37(8,9)10/h23,25-26,28,31-32,34H,17,19,21-22,24H2,1-16H3/b27-23+/t26-,28+,31-,32-,34-/m0/s1. The summed E-state index contributed by atoms with van der Waals surface area (Å²) in [6.07, 6.45) is 3.51. The minimum atomic E-state index is -2.39. The van der Waals surface area contributed by atoms with Gasteiger partial charge in [-0.3, -0.25) is 9.59 Å². The molecule has 0 amide bonds. The molecule has 1 aliphatic rings. The maximum atomic E-state index is 14.8. The van der Waals surface area contributed by atoms with Crippen molar-refractivity contribution >= 4 is 45.8 Å². The van der Waals surface area contributed by atoms with E-state index in [-0.39, 0.29) is 46.2 Å². The summed E-state index contributed by atoms with van der Waals surface area (Å²) in [5, 5.41) is 2.88. The highest BCUT2D eigenvalue weighted by molar-refractivity contribution is 7.09. The largest absolute Gasteiger partial charge is 0.457 e. The predicted octanol–water partition coefficient (Wildman–Crippen LogP) is 10.4. The second-order valence-electron chi connectivity index (χ2n) is 17.4. The van der Waals surface area contributed by atoms with Crippen LogP contribution < -0.4 is 0 Å². The lowest BCUT2D eigenvalue weighted by atomic mass is 9.73. The first-order chi connectivity index (χ1) is 21.3. The first-order valence-corrected chi connectivity index (χ1v) is 24.1. The molecule has 0 fully saturated rings. The summed E-state index contributed by atoms with van der Waals surface area (Å²) >= 11 is 1.59. The SMILES string of the molecule is C/C(=C\c1csc(C)n1)[C@@H]1CC#CCCC[C@H](C)[C@H](O[Si](C)(C)C(C)(C)C)[C@@H](C)C(=O)C(C)(C)[C@@H](O[Si](C)(C)C(C)(C)C)CC(=O)O1. The molecule has 0 N–H and O–H groups in total. The highest BCUT2D eigenvalue weighted by atomic mass is 32.1. The topological polar surface area (TPSA) is 74.7 Å². The van der Waals surface area contributed by atoms with Gasteiger partial charge in [-0.05, 0) is 80.5 Å². The summed E-state index contributed by atoms with van der Waals surface area (Å²) < 4.78 is 20.3. The molecule has 0 radical (unpaired) electrons. The summed E-state index contributed by atoms with van der Waals surface area (Å²) in [4.78, 5) is 33.2. The molecule has 47 heavy (non-hydrogen) atoms. The first-order valence-electron chi connectivity index (χ1n) is 17.5. The third-order valence-electron chi connectivity index (χ3n) is 10.9. The minimum Gasteiger partial charge on any atom is -0.457 e. The van der Waals surface area contributed by atoms with E-state index < -0.39 is 34.3 Å². The molecule has 0 aromatic carbocycles. The van der Waals surface area contributed by atoms with Gasteiger partial charge in [-0.15, -0.1) is 17.3 Å². The zero-order valence-electron chi connectivity index (χ0n) is 32.5.